The molecule has 1 atom stereocenters. The summed E-state index contributed by atoms with van der Waals surface area (Å²) in [6.07, 6.45) is 4.84. The van der Waals surface area contributed by atoms with Gasteiger partial charge in [0.15, 0.2) is 5.16 Å². The molecule has 1 heterocycles. The topological polar surface area (TPSA) is 93.1 Å². The van der Waals surface area contributed by atoms with Gasteiger partial charge in [-0.25, -0.2) is 9.78 Å². The van der Waals surface area contributed by atoms with Crippen LogP contribution in [-0.4, -0.2) is 33.3 Å². The van der Waals surface area contributed by atoms with E-state index in [0.717, 1.165) is 32.1 Å². The van der Waals surface area contributed by atoms with Gasteiger partial charge in [-0.2, -0.15) is 0 Å². The zero-order valence-electron chi connectivity index (χ0n) is 16.2. The molecule has 0 unspecified atom stereocenters. The SMILES string of the molecule is CC[C@H](C)NC(=O)NC(=O)CSc1nc2ccccc2c(=O)n1C1CCCC1. The van der Waals surface area contributed by atoms with E-state index in [-0.39, 0.29) is 23.4 Å². The van der Waals surface area contributed by atoms with E-state index in [1.165, 1.54) is 11.8 Å². The van der Waals surface area contributed by atoms with E-state index in [4.69, 9.17) is 0 Å². The normalized spacial score (nSPS) is 15.5. The molecule has 1 fully saturated rings. The number of carbonyl (C=O) groups excluding carboxylic acids is 2. The maximum Gasteiger partial charge on any atom is 0.321 e. The number of hydrogen-bond donors (Lipinski definition) is 2. The summed E-state index contributed by atoms with van der Waals surface area (Å²) in [5, 5.41) is 6.16. The maximum atomic E-state index is 13.1. The number of rotatable bonds is 6. The molecule has 0 bridgehead atoms. The van der Waals surface area contributed by atoms with Crippen LogP contribution >= 0.6 is 11.8 Å². The van der Waals surface area contributed by atoms with Crippen molar-refractivity contribution in [1.82, 2.24) is 20.2 Å². The molecule has 2 aromatic rings. The van der Waals surface area contributed by atoms with Crippen molar-refractivity contribution >= 4 is 34.6 Å². The first-order valence-corrected chi connectivity index (χ1v) is 10.7. The van der Waals surface area contributed by atoms with Gasteiger partial charge in [0.25, 0.3) is 5.56 Å². The number of fused-ring (bicyclic) bond motifs is 1. The van der Waals surface area contributed by atoms with Gasteiger partial charge in [-0.05, 0) is 38.3 Å². The summed E-state index contributed by atoms with van der Waals surface area (Å²) >= 11 is 1.20. The minimum Gasteiger partial charge on any atom is -0.335 e. The number of urea groups is 1. The molecule has 0 spiro atoms. The Kier molecular flexibility index (Phi) is 6.72. The highest BCUT2D eigenvalue weighted by Crippen LogP contribution is 2.32. The van der Waals surface area contributed by atoms with Crippen molar-refractivity contribution in [2.45, 2.75) is 63.2 Å². The van der Waals surface area contributed by atoms with Gasteiger partial charge in [-0.1, -0.05) is 43.7 Å². The molecule has 0 aliphatic heterocycles. The van der Waals surface area contributed by atoms with Gasteiger partial charge in [-0.3, -0.25) is 19.5 Å². The van der Waals surface area contributed by atoms with E-state index in [1.54, 1.807) is 16.7 Å². The highest BCUT2D eigenvalue weighted by atomic mass is 32.2. The predicted octanol–water partition coefficient (Wildman–Crippen LogP) is 3.23. The number of imide groups is 1. The molecule has 1 aromatic heterocycles. The van der Waals surface area contributed by atoms with Crippen molar-refractivity contribution in [3.63, 3.8) is 0 Å². The molecule has 3 amide bonds. The molecule has 3 rings (SSSR count). The van der Waals surface area contributed by atoms with E-state index in [2.05, 4.69) is 15.6 Å². The number of carbonyl (C=O) groups is 2. The zero-order chi connectivity index (χ0) is 20.1. The number of nitrogens with one attached hydrogen (secondary N) is 2. The Bertz CT molecular complexity index is 921. The van der Waals surface area contributed by atoms with Gasteiger partial charge in [-0.15, -0.1) is 0 Å². The van der Waals surface area contributed by atoms with Crippen LogP contribution in [0.3, 0.4) is 0 Å². The lowest BCUT2D eigenvalue weighted by Gasteiger charge is -2.18. The van der Waals surface area contributed by atoms with Crippen molar-refractivity contribution in [3.05, 3.63) is 34.6 Å². The number of nitrogens with zero attached hydrogens (tertiary/aromatic N) is 2. The van der Waals surface area contributed by atoms with Crippen LogP contribution in [0, 0.1) is 0 Å². The van der Waals surface area contributed by atoms with Crippen molar-refractivity contribution in [2.24, 2.45) is 0 Å². The van der Waals surface area contributed by atoms with Crippen molar-refractivity contribution in [2.75, 3.05) is 5.75 Å². The molecule has 7 nitrogen and oxygen atoms in total. The number of amides is 3. The Morgan fingerprint density at radius 1 is 1.29 bits per heavy atom. The van der Waals surface area contributed by atoms with Crippen LogP contribution in [0.5, 0.6) is 0 Å². The summed E-state index contributed by atoms with van der Waals surface area (Å²) in [6, 6.07) is 6.88. The monoisotopic (exact) mass is 402 g/mol. The Balaban J connectivity index is 1.78. The van der Waals surface area contributed by atoms with Crippen LogP contribution < -0.4 is 16.2 Å². The summed E-state index contributed by atoms with van der Waals surface area (Å²) in [5.41, 5.74) is 0.564. The lowest BCUT2D eigenvalue weighted by Crippen LogP contribution is -2.44. The van der Waals surface area contributed by atoms with Crippen molar-refractivity contribution in [3.8, 4) is 0 Å². The van der Waals surface area contributed by atoms with E-state index in [1.807, 2.05) is 26.0 Å². The van der Waals surface area contributed by atoms with Crippen LogP contribution in [0.25, 0.3) is 10.9 Å². The summed E-state index contributed by atoms with van der Waals surface area (Å²) in [6.45, 7) is 3.83. The predicted molar refractivity (Wildman–Crippen MR) is 111 cm³/mol. The molecule has 28 heavy (non-hydrogen) atoms. The van der Waals surface area contributed by atoms with Crippen molar-refractivity contribution < 1.29 is 9.59 Å². The highest BCUT2D eigenvalue weighted by molar-refractivity contribution is 7.99. The minimum absolute atomic E-state index is 0.00449. The Morgan fingerprint density at radius 2 is 2.00 bits per heavy atom. The standard InChI is InChI=1S/C20H26N4O3S/c1-3-13(2)21-19(27)23-17(25)12-28-20-22-16-11-7-6-10-15(16)18(26)24(20)14-8-4-5-9-14/h6-7,10-11,13-14H,3-5,8-9,12H2,1-2H3,(H2,21,23,25,27)/t13-/m0/s1. The molecule has 150 valence electrons. The third-order valence-electron chi connectivity index (χ3n) is 5.04. The fourth-order valence-corrected chi connectivity index (χ4v) is 4.23. The highest BCUT2D eigenvalue weighted by Gasteiger charge is 2.23. The Hall–Kier alpha value is -2.35. The van der Waals surface area contributed by atoms with Crippen LogP contribution in [-0.2, 0) is 4.79 Å². The second kappa shape index (κ2) is 9.23. The number of thioether (sulfide) groups is 1. The van der Waals surface area contributed by atoms with E-state index in [0.29, 0.717) is 16.1 Å². The van der Waals surface area contributed by atoms with Crippen LogP contribution in [0.4, 0.5) is 4.79 Å². The number of aromatic nitrogens is 2. The first-order valence-electron chi connectivity index (χ1n) is 9.74. The lowest BCUT2D eigenvalue weighted by molar-refractivity contribution is -0.117. The molecule has 0 saturated heterocycles. The van der Waals surface area contributed by atoms with E-state index >= 15 is 0 Å². The molecule has 2 N–H and O–H groups in total. The molecular formula is C20H26N4O3S. The van der Waals surface area contributed by atoms with Crippen LogP contribution in [0.2, 0.25) is 0 Å². The largest absolute Gasteiger partial charge is 0.335 e. The number of para-hydroxylation sites is 1. The van der Waals surface area contributed by atoms with Crippen LogP contribution in [0.15, 0.2) is 34.2 Å². The Labute approximate surface area is 168 Å². The molecule has 1 saturated carbocycles. The van der Waals surface area contributed by atoms with Crippen LogP contribution in [0.1, 0.15) is 52.0 Å². The maximum absolute atomic E-state index is 13.1. The molecule has 8 heteroatoms. The van der Waals surface area contributed by atoms with Gasteiger partial charge in [0.1, 0.15) is 0 Å². The number of benzene rings is 1. The summed E-state index contributed by atoms with van der Waals surface area (Å²) in [5.74, 6) is -0.392. The molecule has 1 aliphatic rings. The molecule has 1 aliphatic carbocycles. The first-order chi connectivity index (χ1) is 13.5. The Morgan fingerprint density at radius 3 is 2.71 bits per heavy atom. The van der Waals surface area contributed by atoms with Crippen molar-refractivity contribution in [1.29, 1.82) is 0 Å². The van der Waals surface area contributed by atoms with Gasteiger partial charge in [0, 0.05) is 12.1 Å². The smallest absolute Gasteiger partial charge is 0.321 e. The first kappa shape index (κ1) is 20.4. The average molecular weight is 403 g/mol. The minimum atomic E-state index is -0.500. The fourth-order valence-electron chi connectivity index (χ4n) is 3.37. The third-order valence-corrected chi connectivity index (χ3v) is 5.99. The molecule has 0 radical (unpaired) electrons. The molecule has 1 aromatic carbocycles. The van der Waals surface area contributed by atoms with Gasteiger partial charge < -0.3 is 5.32 Å². The van der Waals surface area contributed by atoms with E-state index in [9.17, 15) is 14.4 Å². The molecular weight excluding hydrogens is 376 g/mol. The zero-order valence-corrected chi connectivity index (χ0v) is 17.1. The van der Waals surface area contributed by atoms with Gasteiger partial charge >= 0.3 is 6.03 Å². The second-order valence-electron chi connectivity index (χ2n) is 7.14. The quantitative estimate of drug-likeness (QED) is 0.572. The summed E-state index contributed by atoms with van der Waals surface area (Å²) < 4.78 is 1.74. The average Bonchev–Trinajstić information content (AvgIpc) is 3.20. The van der Waals surface area contributed by atoms with E-state index < -0.39 is 11.9 Å². The number of hydrogen-bond acceptors (Lipinski definition) is 5. The lowest BCUT2D eigenvalue weighted by atomic mass is 10.2. The summed E-state index contributed by atoms with van der Waals surface area (Å²) in [4.78, 5) is 41.7. The third kappa shape index (κ3) is 4.73. The second-order valence-corrected chi connectivity index (χ2v) is 8.09. The summed E-state index contributed by atoms with van der Waals surface area (Å²) in [7, 11) is 0. The fraction of sp³-hybridized carbons (Fsp3) is 0.500. The van der Waals surface area contributed by atoms with Gasteiger partial charge in [0.2, 0.25) is 5.91 Å². The van der Waals surface area contributed by atoms with Gasteiger partial charge in [0.05, 0.1) is 16.7 Å².